The number of hydrogen-bond donors (Lipinski definition) is 1. The van der Waals surface area contributed by atoms with E-state index in [4.69, 9.17) is 9.47 Å². The van der Waals surface area contributed by atoms with E-state index in [1.54, 1.807) is 31.4 Å². The zero-order valence-corrected chi connectivity index (χ0v) is 13.7. The summed E-state index contributed by atoms with van der Waals surface area (Å²) in [4.78, 5) is 0.0286. The Morgan fingerprint density at radius 1 is 1.09 bits per heavy atom. The number of aryl methyl sites for hydroxylation is 1. The molecule has 2 rings (SSSR count). The van der Waals surface area contributed by atoms with Crippen LogP contribution < -0.4 is 14.2 Å². The largest absolute Gasteiger partial charge is 0.497 e. The predicted octanol–water partition coefficient (Wildman–Crippen LogP) is 2.50. The van der Waals surface area contributed by atoms with Crippen LogP contribution in [0.25, 0.3) is 0 Å². The van der Waals surface area contributed by atoms with Crippen LogP contribution >= 0.6 is 0 Å². The third-order valence-corrected chi connectivity index (χ3v) is 4.62. The number of ether oxygens (including phenoxy) is 2. The van der Waals surface area contributed by atoms with Gasteiger partial charge in [0.25, 0.3) is 0 Å². The van der Waals surface area contributed by atoms with Crippen molar-refractivity contribution in [2.24, 2.45) is 0 Å². The van der Waals surface area contributed by atoms with Crippen molar-refractivity contribution in [2.45, 2.75) is 11.8 Å². The Labute approximate surface area is 135 Å². The fourth-order valence-electron chi connectivity index (χ4n) is 1.88. The first-order valence-electron chi connectivity index (χ1n) is 6.95. The Hall–Kier alpha value is -2.12. The van der Waals surface area contributed by atoms with Gasteiger partial charge in [-0.15, -0.1) is 0 Å². The van der Waals surface area contributed by atoms with Crippen LogP contribution in [0.4, 0.5) is 4.39 Å². The SMILES string of the molecule is COc1ccc(OCCNS(=O)(=O)c2ccc(F)c(C)c2)cc1. The lowest BCUT2D eigenvalue weighted by atomic mass is 10.2. The monoisotopic (exact) mass is 339 g/mol. The Kier molecular flexibility index (Phi) is 5.57. The standard InChI is InChI=1S/C16H18FNO4S/c1-12-11-15(7-8-16(12)17)23(19,20)18-9-10-22-14-5-3-13(21-2)4-6-14/h3-8,11,18H,9-10H2,1-2H3. The Morgan fingerprint density at radius 2 is 1.74 bits per heavy atom. The average Bonchev–Trinajstić information content (AvgIpc) is 2.54. The van der Waals surface area contributed by atoms with E-state index in [1.165, 1.54) is 19.1 Å². The van der Waals surface area contributed by atoms with Gasteiger partial charge in [0.1, 0.15) is 23.9 Å². The summed E-state index contributed by atoms with van der Waals surface area (Å²) in [6.07, 6.45) is 0. The molecule has 0 spiro atoms. The van der Waals surface area contributed by atoms with E-state index in [2.05, 4.69) is 4.72 Å². The van der Waals surface area contributed by atoms with Crippen LogP contribution in [0.2, 0.25) is 0 Å². The molecule has 0 aliphatic carbocycles. The van der Waals surface area contributed by atoms with E-state index in [1.807, 2.05) is 0 Å². The molecular weight excluding hydrogens is 321 g/mol. The fraction of sp³-hybridized carbons (Fsp3) is 0.250. The summed E-state index contributed by atoms with van der Waals surface area (Å²) in [6.45, 7) is 1.79. The van der Waals surface area contributed by atoms with Gasteiger partial charge in [0.15, 0.2) is 0 Å². The van der Waals surface area contributed by atoms with Gasteiger partial charge in [-0.2, -0.15) is 0 Å². The number of rotatable bonds is 7. The van der Waals surface area contributed by atoms with Gasteiger partial charge in [-0.25, -0.2) is 17.5 Å². The first-order valence-corrected chi connectivity index (χ1v) is 8.43. The highest BCUT2D eigenvalue weighted by molar-refractivity contribution is 7.89. The molecule has 2 aromatic carbocycles. The fourth-order valence-corrected chi connectivity index (χ4v) is 2.98. The molecule has 0 fully saturated rings. The summed E-state index contributed by atoms with van der Waals surface area (Å²) in [5.41, 5.74) is 0.280. The molecule has 0 aromatic heterocycles. The van der Waals surface area contributed by atoms with E-state index in [0.29, 0.717) is 11.5 Å². The lowest BCUT2D eigenvalue weighted by Gasteiger charge is -2.09. The molecular formula is C16H18FNO4S. The van der Waals surface area contributed by atoms with E-state index < -0.39 is 15.8 Å². The summed E-state index contributed by atoms with van der Waals surface area (Å²) in [5, 5.41) is 0. The molecule has 0 atom stereocenters. The lowest BCUT2D eigenvalue weighted by molar-refractivity contribution is 0.322. The Balaban J connectivity index is 1.88. The molecule has 0 bridgehead atoms. The molecule has 0 saturated heterocycles. The van der Waals surface area contributed by atoms with Gasteiger partial charge in [-0.1, -0.05) is 0 Å². The molecule has 2 aromatic rings. The van der Waals surface area contributed by atoms with Gasteiger partial charge in [0, 0.05) is 6.54 Å². The highest BCUT2D eigenvalue weighted by atomic mass is 32.2. The number of benzene rings is 2. The van der Waals surface area contributed by atoms with E-state index in [9.17, 15) is 12.8 Å². The van der Waals surface area contributed by atoms with Crippen LogP contribution in [0.1, 0.15) is 5.56 Å². The van der Waals surface area contributed by atoms with Gasteiger partial charge in [-0.05, 0) is 55.0 Å². The number of sulfonamides is 1. The topological polar surface area (TPSA) is 64.6 Å². The number of halogens is 1. The third kappa shape index (κ3) is 4.67. The van der Waals surface area contributed by atoms with E-state index >= 15 is 0 Å². The minimum absolute atomic E-state index is 0.0286. The van der Waals surface area contributed by atoms with Gasteiger partial charge in [0.2, 0.25) is 10.0 Å². The van der Waals surface area contributed by atoms with Crippen molar-refractivity contribution in [3.8, 4) is 11.5 Å². The van der Waals surface area contributed by atoms with Crippen molar-refractivity contribution in [1.29, 1.82) is 0 Å². The second-order valence-electron chi connectivity index (χ2n) is 4.83. The Bertz CT molecular complexity index is 760. The van der Waals surface area contributed by atoms with Crippen molar-refractivity contribution in [2.75, 3.05) is 20.3 Å². The molecule has 0 radical (unpaired) electrons. The molecule has 0 aliphatic rings. The minimum atomic E-state index is -3.68. The first-order chi connectivity index (χ1) is 10.9. The molecule has 0 amide bonds. The van der Waals surface area contributed by atoms with Crippen LogP contribution in [0.3, 0.4) is 0 Å². The second kappa shape index (κ2) is 7.43. The average molecular weight is 339 g/mol. The van der Waals surface area contributed by atoms with Crippen molar-refractivity contribution < 1.29 is 22.3 Å². The third-order valence-electron chi connectivity index (χ3n) is 3.16. The summed E-state index contributed by atoms with van der Waals surface area (Å²) in [5.74, 6) is 0.888. The molecule has 0 unspecified atom stereocenters. The lowest BCUT2D eigenvalue weighted by Crippen LogP contribution is -2.28. The normalized spacial score (nSPS) is 11.3. The quantitative estimate of drug-likeness (QED) is 0.787. The maximum Gasteiger partial charge on any atom is 0.240 e. The van der Waals surface area contributed by atoms with E-state index in [0.717, 1.165) is 6.07 Å². The van der Waals surface area contributed by atoms with Gasteiger partial charge in [-0.3, -0.25) is 0 Å². The maximum absolute atomic E-state index is 13.2. The zero-order chi connectivity index (χ0) is 16.9. The molecule has 0 saturated carbocycles. The van der Waals surface area contributed by atoms with Crippen LogP contribution in [-0.4, -0.2) is 28.7 Å². The molecule has 1 N–H and O–H groups in total. The highest BCUT2D eigenvalue weighted by Crippen LogP contribution is 2.17. The first kappa shape index (κ1) is 17.2. The predicted molar refractivity (Wildman–Crippen MR) is 84.8 cm³/mol. The molecule has 5 nitrogen and oxygen atoms in total. The van der Waals surface area contributed by atoms with Gasteiger partial charge in [0.05, 0.1) is 12.0 Å². The minimum Gasteiger partial charge on any atom is -0.497 e. The van der Waals surface area contributed by atoms with Gasteiger partial charge >= 0.3 is 0 Å². The van der Waals surface area contributed by atoms with Crippen LogP contribution in [0, 0.1) is 12.7 Å². The molecule has 124 valence electrons. The van der Waals surface area contributed by atoms with Crippen molar-refractivity contribution in [3.63, 3.8) is 0 Å². The molecule has 7 heteroatoms. The summed E-state index contributed by atoms with van der Waals surface area (Å²) in [7, 11) is -2.11. The zero-order valence-electron chi connectivity index (χ0n) is 12.9. The van der Waals surface area contributed by atoms with Crippen molar-refractivity contribution in [1.82, 2.24) is 4.72 Å². The second-order valence-corrected chi connectivity index (χ2v) is 6.60. The summed E-state index contributed by atoms with van der Waals surface area (Å²) in [6, 6.07) is 10.6. The summed E-state index contributed by atoms with van der Waals surface area (Å²) < 4.78 is 50.2. The molecule has 23 heavy (non-hydrogen) atoms. The van der Waals surface area contributed by atoms with E-state index in [-0.39, 0.29) is 23.6 Å². The van der Waals surface area contributed by atoms with Crippen LogP contribution in [0.5, 0.6) is 11.5 Å². The number of hydrogen-bond acceptors (Lipinski definition) is 4. The molecule has 0 heterocycles. The molecule has 0 aliphatic heterocycles. The van der Waals surface area contributed by atoms with Crippen molar-refractivity contribution in [3.05, 3.63) is 53.8 Å². The summed E-state index contributed by atoms with van der Waals surface area (Å²) >= 11 is 0. The Morgan fingerprint density at radius 3 is 2.35 bits per heavy atom. The van der Waals surface area contributed by atoms with Gasteiger partial charge < -0.3 is 9.47 Å². The smallest absolute Gasteiger partial charge is 0.240 e. The van der Waals surface area contributed by atoms with Crippen molar-refractivity contribution >= 4 is 10.0 Å². The van der Waals surface area contributed by atoms with Crippen LogP contribution in [0.15, 0.2) is 47.4 Å². The highest BCUT2D eigenvalue weighted by Gasteiger charge is 2.14. The van der Waals surface area contributed by atoms with Crippen LogP contribution in [-0.2, 0) is 10.0 Å². The number of nitrogens with one attached hydrogen (secondary N) is 1. The number of methoxy groups -OCH3 is 1. The maximum atomic E-state index is 13.2.